The van der Waals surface area contributed by atoms with Gasteiger partial charge in [0.15, 0.2) is 0 Å². The molecular weight excluding hydrogens is 209 g/mol. The van der Waals surface area contributed by atoms with Crippen LogP contribution in [0.15, 0.2) is 23.6 Å². The van der Waals surface area contributed by atoms with E-state index < -0.39 is 20.5 Å². The average molecular weight is 212 g/mol. The Hall–Kier alpha value is -1.18. The van der Waals surface area contributed by atoms with Gasteiger partial charge in [0.25, 0.3) is 5.16 Å². The van der Waals surface area contributed by atoms with Crippen molar-refractivity contribution in [3.63, 3.8) is 0 Å². The molecule has 0 N–H and O–H groups in total. The van der Waals surface area contributed by atoms with Gasteiger partial charge in [0, 0.05) is 12.4 Å². The van der Waals surface area contributed by atoms with Crippen LogP contribution in [0.2, 0.25) is 0 Å². The molecule has 0 aliphatic carbocycles. The summed E-state index contributed by atoms with van der Waals surface area (Å²) in [5.41, 5.74) is -5.35. The van der Waals surface area contributed by atoms with Gasteiger partial charge in [-0.05, 0) is 6.07 Å². The van der Waals surface area contributed by atoms with E-state index in [0.717, 1.165) is 12.4 Å². The van der Waals surface area contributed by atoms with Gasteiger partial charge in [-0.3, -0.25) is 0 Å². The summed E-state index contributed by atoms with van der Waals surface area (Å²) in [4.78, 5) is 6.00. The molecule has 0 amide bonds. The monoisotopic (exact) mass is 212 g/mol. The Morgan fingerprint density at radius 2 is 1.62 bits per heavy atom. The molecular formula is C5H3F3N2O2S. The molecule has 0 atom stereocenters. The fourth-order valence-corrected chi connectivity index (χ4v) is 1.13. The van der Waals surface area contributed by atoms with Gasteiger partial charge < -0.3 is 0 Å². The zero-order chi connectivity index (χ0) is 10.1. The molecule has 13 heavy (non-hydrogen) atoms. The maximum atomic E-state index is 11.9. The predicted octanol–water partition coefficient (Wildman–Crippen LogP) is 0.770. The third kappa shape index (κ3) is 1.77. The van der Waals surface area contributed by atoms with Crippen molar-refractivity contribution < 1.29 is 21.6 Å². The standard InChI is InChI=1S/C5H3F3N2O2S/c6-5(7,8)13(11,12)4-9-2-1-3-10-4/h1-3H. The molecule has 0 spiro atoms. The molecule has 1 aromatic rings. The number of alkyl halides is 3. The van der Waals surface area contributed by atoms with Gasteiger partial charge in [-0.15, -0.1) is 0 Å². The van der Waals surface area contributed by atoms with Crippen LogP contribution >= 0.6 is 0 Å². The highest BCUT2D eigenvalue weighted by molar-refractivity contribution is 7.92. The molecule has 1 heterocycles. The van der Waals surface area contributed by atoms with Crippen LogP contribution in [-0.2, 0) is 9.84 Å². The first-order valence-electron chi connectivity index (χ1n) is 2.94. The second-order valence-corrected chi connectivity index (χ2v) is 3.82. The number of hydrogen-bond acceptors (Lipinski definition) is 4. The van der Waals surface area contributed by atoms with Crippen LogP contribution in [0.25, 0.3) is 0 Å². The molecule has 0 radical (unpaired) electrons. The molecule has 72 valence electrons. The summed E-state index contributed by atoms with van der Waals surface area (Å²) < 4.78 is 56.8. The van der Waals surface area contributed by atoms with Crippen molar-refractivity contribution in [2.45, 2.75) is 10.7 Å². The van der Waals surface area contributed by atoms with E-state index in [1.54, 1.807) is 0 Å². The SMILES string of the molecule is O=S(=O)(c1ncccn1)C(F)(F)F. The summed E-state index contributed by atoms with van der Waals surface area (Å²) in [7, 11) is -5.40. The Morgan fingerprint density at radius 3 is 2.00 bits per heavy atom. The first-order valence-corrected chi connectivity index (χ1v) is 4.42. The number of aromatic nitrogens is 2. The normalized spacial score (nSPS) is 12.8. The van der Waals surface area contributed by atoms with Crippen molar-refractivity contribution in [1.82, 2.24) is 9.97 Å². The van der Waals surface area contributed by atoms with Crippen molar-refractivity contribution in [3.05, 3.63) is 18.5 Å². The van der Waals surface area contributed by atoms with E-state index in [1.807, 2.05) is 0 Å². The number of nitrogens with zero attached hydrogens (tertiary/aromatic N) is 2. The summed E-state index contributed by atoms with van der Waals surface area (Å²) in [6.45, 7) is 0. The van der Waals surface area contributed by atoms with Gasteiger partial charge in [0.1, 0.15) is 0 Å². The summed E-state index contributed by atoms with van der Waals surface area (Å²) in [5, 5.41) is -1.23. The summed E-state index contributed by atoms with van der Waals surface area (Å²) >= 11 is 0. The molecule has 0 unspecified atom stereocenters. The maximum Gasteiger partial charge on any atom is 0.505 e. The van der Waals surface area contributed by atoms with Gasteiger partial charge in [-0.2, -0.15) is 13.2 Å². The second kappa shape index (κ2) is 2.95. The lowest BCUT2D eigenvalue weighted by atomic mass is 10.7. The molecule has 0 aliphatic rings. The maximum absolute atomic E-state index is 11.9. The van der Waals surface area contributed by atoms with Gasteiger partial charge >= 0.3 is 15.3 Å². The van der Waals surface area contributed by atoms with Crippen LogP contribution in [0.5, 0.6) is 0 Å². The number of sulfone groups is 1. The lowest BCUT2D eigenvalue weighted by Gasteiger charge is -2.04. The Balaban J connectivity index is 3.26. The molecule has 0 bridgehead atoms. The highest BCUT2D eigenvalue weighted by Gasteiger charge is 2.48. The summed E-state index contributed by atoms with van der Waals surface area (Å²) in [6.07, 6.45) is 1.84. The number of hydrogen-bond donors (Lipinski definition) is 0. The van der Waals surface area contributed by atoms with Crippen molar-refractivity contribution in [2.75, 3.05) is 0 Å². The topological polar surface area (TPSA) is 59.9 Å². The van der Waals surface area contributed by atoms with E-state index in [0.29, 0.717) is 0 Å². The van der Waals surface area contributed by atoms with E-state index in [2.05, 4.69) is 9.97 Å². The van der Waals surface area contributed by atoms with E-state index in [4.69, 9.17) is 0 Å². The van der Waals surface area contributed by atoms with Gasteiger partial charge in [-0.25, -0.2) is 18.4 Å². The minimum Gasteiger partial charge on any atom is -0.227 e. The largest absolute Gasteiger partial charge is 0.505 e. The van der Waals surface area contributed by atoms with Crippen LogP contribution in [0.1, 0.15) is 0 Å². The highest BCUT2D eigenvalue weighted by atomic mass is 32.2. The summed E-state index contributed by atoms with van der Waals surface area (Å²) in [5.74, 6) is 0. The number of rotatable bonds is 1. The zero-order valence-electron chi connectivity index (χ0n) is 5.99. The Labute approximate surface area is 71.4 Å². The first kappa shape index (κ1) is 9.90. The van der Waals surface area contributed by atoms with Gasteiger partial charge in [0.2, 0.25) is 0 Å². The van der Waals surface area contributed by atoms with E-state index in [-0.39, 0.29) is 0 Å². The van der Waals surface area contributed by atoms with Crippen molar-refractivity contribution in [1.29, 1.82) is 0 Å². The second-order valence-electron chi connectivity index (χ2n) is 1.98. The zero-order valence-corrected chi connectivity index (χ0v) is 6.80. The van der Waals surface area contributed by atoms with Crippen LogP contribution in [0, 0.1) is 0 Å². The van der Waals surface area contributed by atoms with Crippen LogP contribution in [0.4, 0.5) is 13.2 Å². The minimum atomic E-state index is -5.40. The van der Waals surface area contributed by atoms with Crippen molar-refractivity contribution >= 4 is 9.84 Å². The molecule has 1 rings (SSSR count). The fraction of sp³-hybridized carbons (Fsp3) is 0.200. The Morgan fingerprint density at radius 1 is 1.15 bits per heavy atom. The smallest absolute Gasteiger partial charge is 0.227 e. The molecule has 1 aromatic heterocycles. The lowest BCUT2D eigenvalue weighted by molar-refractivity contribution is -0.0440. The van der Waals surface area contributed by atoms with E-state index in [9.17, 15) is 21.6 Å². The highest BCUT2D eigenvalue weighted by Crippen LogP contribution is 2.27. The first-order chi connectivity index (χ1) is 5.86. The lowest BCUT2D eigenvalue weighted by Crippen LogP contribution is -2.25. The summed E-state index contributed by atoms with van der Waals surface area (Å²) in [6, 6.07) is 1.22. The number of halogens is 3. The van der Waals surface area contributed by atoms with Crippen LogP contribution < -0.4 is 0 Å². The molecule has 0 saturated carbocycles. The quantitative estimate of drug-likeness (QED) is 0.645. The van der Waals surface area contributed by atoms with Crippen molar-refractivity contribution in [2.24, 2.45) is 0 Å². The molecule has 4 nitrogen and oxygen atoms in total. The third-order valence-corrected chi connectivity index (χ3v) is 2.39. The van der Waals surface area contributed by atoms with E-state index >= 15 is 0 Å². The minimum absolute atomic E-state index is 0.922. The van der Waals surface area contributed by atoms with Crippen LogP contribution in [0.3, 0.4) is 0 Å². The Kier molecular flexibility index (Phi) is 2.24. The molecule has 8 heteroatoms. The van der Waals surface area contributed by atoms with Gasteiger partial charge in [-0.1, -0.05) is 0 Å². The van der Waals surface area contributed by atoms with E-state index in [1.165, 1.54) is 6.07 Å². The molecule has 0 aromatic carbocycles. The van der Waals surface area contributed by atoms with Crippen molar-refractivity contribution in [3.8, 4) is 0 Å². The Bertz CT molecular complexity index is 386. The molecule has 0 fully saturated rings. The third-order valence-electron chi connectivity index (χ3n) is 1.09. The predicted molar refractivity (Wildman–Crippen MR) is 35.3 cm³/mol. The van der Waals surface area contributed by atoms with Crippen LogP contribution in [-0.4, -0.2) is 23.9 Å². The fourth-order valence-electron chi connectivity index (χ4n) is 0.528. The average Bonchev–Trinajstić information content (AvgIpc) is 2.04. The molecule has 0 saturated heterocycles. The van der Waals surface area contributed by atoms with Gasteiger partial charge in [0.05, 0.1) is 0 Å². The molecule has 0 aliphatic heterocycles.